The third-order valence-corrected chi connectivity index (χ3v) is 4.54. The summed E-state index contributed by atoms with van der Waals surface area (Å²) in [5.74, 6) is 1.50. The first-order valence-electron chi connectivity index (χ1n) is 8.15. The lowest BCUT2D eigenvalue weighted by atomic mass is 10.0. The Bertz CT molecular complexity index is 646. The van der Waals surface area contributed by atoms with E-state index in [1.165, 1.54) is 0 Å². The van der Waals surface area contributed by atoms with Gasteiger partial charge in [0, 0.05) is 44.1 Å². The van der Waals surface area contributed by atoms with Crippen LogP contribution >= 0.6 is 0 Å². The SMILES string of the molecule is Cc1cc(CN2C[C@@H](Oc3ccccn3)[C@H]3OCCC[C@H]32)no1. The molecule has 0 amide bonds. The van der Waals surface area contributed by atoms with Crippen LogP contribution in [-0.2, 0) is 11.3 Å². The molecular formula is C17H21N3O3. The second-order valence-electron chi connectivity index (χ2n) is 6.23. The zero-order valence-electron chi connectivity index (χ0n) is 13.2. The van der Waals surface area contributed by atoms with Gasteiger partial charge in [-0.05, 0) is 25.8 Å². The van der Waals surface area contributed by atoms with Gasteiger partial charge >= 0.3 is 0 Å². The molecule has 0 unspecified atom stereocenters. The zero-order valence-corrected chi connectivity index (χ0v) is 13.2. The van der Waals surface area contributed by atoms with Crippen LogP contribution in [0.2, 0.25) is 0 Å². The maximum atomic E-state index is 6.10. The van der Waals surface area contributed by atoms with Crippen molar-refractivity contribution in [3.05, 3.63) is 41.9 Å². The molecule has 0 aliphatic carbocycles. The number of rotatable bonds is 4. The van der Waals surface area contributed by atoms with Crippen molar-refractivity contribution in [2.24, 2.45) is 0 Å². The smallest absolute Gasteiger partial charge is 0.213 e. The first-order valence-corrected chi connectivity index (χ1v) is 8.15. The highest BCUT2D eigenvalue weighted by Crippen LogP contribution is 2.32. The van der Waals surface area contributed by atoms with E-state index in [-0.39, 0.29) is 12.2 Å². The highest BCUT2D eigenvalue weighted by atomic mass is 16.5. The molecule has 2 saturated heterocycles. The second kappa shape index (κ2) is 6.29. The molecule has 23 heavy (non-hydrogen) atoms. The Hall–Kier alpha value is -1.92. The van der Waals surface area contributed by atoms with Gasteiger partial charge in [-0.25, -0.2) is 4.98 Å². The summed E-state index contributed by atoms with van der Waals surface area (Å²) in [5.41, 5.74) is 0.963. The third kappa shape index (κ3) is 3.09. The maximum absolute atomic E-state index is 6.10. The summed E-state index contributed by atoms with van der Waals surface area (Å²) in [7, 11) is 0. The molecule has 2 fully saturated rings. The van der Waals surface area contributed by atoms with E-state index in [4.69, 9.17) is 14.0 Å². The number of nitrogens with zero attached hydrogens (tertiary/aromatic N) is 3. The van der Waals surface area contributed by atoms with Gasteiger partial charge in [-0.15, -0.1) is 0 Å². The minimum Gasteiger partial charge on any atom is -0.470 e. The Kier molecular flexibility index (Phi) is 4.01. The molecule has 3 atom stereocenters. The van der Waals surface area contributed by atoms with Crippen LogP contribution in [0, 0.1) is 6.92 Å². The van der Waals surface area contributed by atoms with E-state index in [0.29, 0.717) is 11.9 Å². The van der Waals surface area contributed by atoms with Crippen LogP contribution < -0.4 is 4.74 Å². The number of ether oxygens (including phenoxy) is 2. The van der Waals surface area contributed by atoms with Crippen molar-refractivity contribution in [1.82, 2.24) is 15.0 Å². The van der Waals surface area contributed by atoms with Gasteiger partial charge in [0.2, 0.25) is 5.88 Å². The van der Waals surface area contributed by atoms with Gasteiger partial charge in [0.15, 0.2) is 0 Å². The van der Waals surface area contributed by atoms with Gasteiger partial charge in [-0.2, -0.15) is 0 Å². The number of hydrogen-bond donors (Lipinski definition) is 0. The molecule has 0 aromatic carbocycles. The van der Waals surface area contributed by atoms with Crippen molar-refractivity contribution in [2.75, 3.05) is 13.2 Å². The second-order valence-corrected chi connectivity index (χ2v) is 6.23. The lowest BCUT2D eigenvalue weighted by molar-refractivity contribution is -0.0481. The maximum Gasteiger partial charge on any atom is 0.213 e. The van der Waals surface area contributed by atoms with Crippen LogP contribution in [0.1, 0.15) is 24.3 Å². The summed E-state index contributed by atoms with van der Waals surface area (Å²) >= 11 is 0. The number of aromatic nitrogens is 2. The quantitative estimate of drug-likeness (QED) is 0.862. The zero-order chi connectivity index (χ0) is 15.6. The highest BCUT2D eigenvalue weighted by Gasteiger charge is 2.45. The van der Waals surface area contributed by atoms with Gasteiger partial charge < -0.3 is 14.0 Å². The molecular weight excluding hydrogens is 294 g/mol. The van der Waals surface area contributed by atoms with Crippen LogP contribution in [0.5, 0.6) is 5.88 Å². The molecule has 2 aromatic heterocycles. The molecule has 6 heteroatoms. The molecule has 2 aliphatic heterocycles. The van der Waals surface area contributed by atoms with Crippen molar-refractivity contribution < 1.29 is 14.0 Å². The van der Waals surface area contributed by atoms with Crippen LogP contribution in [-0.4, -0.2) is 46.4 Å². The molecule has 0 radical (unpaired) electrons. The summed E-state index contributed by atoms with van der Waals surface area (Å²) in [5, 5.41) is 4.12. The molecule has 2 aromatic rings. The van der Waals surface area contributed by atoms with Crippen molar-refractivity contribution in [3.8, 4) is 5.88 Å². The van der Waals surface area contributed by atoms with Crippen molar-refractivity contribution >= 4 is 0 Å². The molecule has 6 nitrogen and oxygen atoms in total. The van der Waals surface area contributed by atoms with Crippen LogP contribution in [0.25, 0.3) is 0 Å². The van der Waals surface area contributed by atoms with Crippen LogP contribution in [0.4, 0.5) is 0 Å². The molecule has 4 heterocycles. The van der Waals surface area contributed by atoms with Crippen LogP contribution in [0.15, 0.2) is 35.0 Å². The first-order chi connectivity index (χ1) is 11.3. The summed E-state index contributed by atoms with van der Waals surface area (Å²) in [6.45, 7) is 4.31. The van der Waals surface area contributed by atoms with Gasteiger partial charge in [0.25, 0.3) is 0 Å². The normalized spacial score (nSPS) is 27.8. The monoisotopic (exact) mass is 315 g/mol. The van der Waals surface area contributed by atoms with E-state index >= 15 is 0 Å². The van der Waals surface area contributed by atoms with E-state index in [2.05, 4.69) is 15.0 Å². The lowest BCUT2D eigenvalue weighted by Crippen LogP contribution is -2.42. The van der Waals surface area contributed by atoms with E-state index < -0.39 is 0 Å². The first kappa shape index (κ1) is 14.7. The summed E-state index contributed by atoms with van der Waals surface area (Å²) in [6, 6.07) is 8.08. The summed E-state index contributed by atoms with van der Waals surface area (Å²) < 4.78 is 17.3. The molecule has 0 bridgehead atoms. The number of pyridine rings is 1. The van der Waals surface area contributed by atoms with Crippen molar-refractivity contribution in [3.63, 3.8) is 0 Å². The molecule has 0 saturated carbocycles. The minimum absolute atomic E-state index is 0.00296. The third-order valence-electron chi connectivity index (χ3n) is 4.54. The largest absolute Gasteiger partial charge is 0.470 e. The standard InChI is InChI=1S/C17H21N3O3/c1-12-9-13(19-23-12)10-20-11-15(17-14(20)5-4-8-21-17)22-16-6-2-3-7-18-16/h2-3,6-7,9,14-15,17H,4-5,8,10-11H2,1H3/t14-,15-,17+/m1/s1. The topological polar surface area (TPSA) is 60.6 Å². The average Bonchev–Trinajstić information content (AvgIpc) is 3.14. The predicted molar refractivity (Wildman–Crippen MR) is 83.1 cm³/mol. The van der Waals surface area contributed by atoms with Crippen molar-refractivity contribution in [2.45, 2.75) is 44.6 Å². The van der Waals surface area contributed by atoms with E-state index in [9.17, 15) is 0 Å². The highest BCUT2D eigenvalue weighted by molar-refractivity contribution is 5.12. The Morgan fingerprint density at radius 1 is 1.39 bits per heavy atom. The van der Waals surface area contributed by atoms with Gasteiger partial charge in [0.1, 0.15) is 18.0 Å². The van der Waals surface area contributed by atoms with Gasteiger partial charge in [-0.3, -0.25) is 4.90 Å². The Labute approximate surface area is 135 Å². The van der Waals surface area contributed by atoms with E-state index in [0.717, 1.165) is 44.0 Å². The number of fused-ring (bicyclic) bond motifs is 1. The fourth-order valence-corrected chi connectivity index (χ4v) is 3.56. The molecule has 0 N–H and O–H groups in total. The van der Waals surface area contributed by atoms with E-state index in [1.54, 1.807) is 6.20 Å². The minimum atomic E-state index is 0.00296. The molecule has 2 aliphatic rings. The molecule has 0 spiro atoms. The van der Waals surface area contributed by atoms with Crippen molar-refractivity contribution in [1.29, 1.82) is 0 Å². The van der Waals surface area contributed by atoms with Crippen LogP contribution in [0.3, 0.4) is 0 Å². The van der Waals surface area contributed by atoms with Gasteiger partial charge in [-0.1, -0.05) is 11.2 Å². The fraction of sp³-hybridized carbons (Fsp3) is 0.529. The van der Waals surface area contributed by atoms with Gasteiger partial charge in [0.05, 0.1) is 5.69 Å². The molecule has 4 rings (SSSR count). The molecule has 122 valence electrons. The van der Waals surface area contributed by atoms with E-state index in [1.807, 2.05) is 31.2 Å². The Balaban J connectivity index is 1.49. The summed E-state index contributed by atoms with van der Waals surface area (Å²) in [6.07, 6.45) is 4.07. The lowest BCUT2D eigenvalue weighted by Gasteiger charge is -2.31. The summed E-state index contributed by atoms with van der Waals surface area (Å²) in [4.78, 5) is 6.67. The average molecular weight is 315 g/mol. The fourth-order valence-electron chi connectivity index (χ4n) is 3.56. The predicted octanol–water partition coefficient (Wildman–Crippen LogP) is 2.19. The Morgan fingerprint density at radius 3 is 3.13 bits per heavy atom. The number of aryl methyl sites for hydroxylation is 1. The number of hydrogen-bond acceptors (Lipinski definition) is 6. The Morgan fingerprint density at radius 2 is 2.35 bits per heavy atom. The number of likely N-dealkylation sites (tertiary alicyclic amines) is 1.